The molecule has 1 atom stereocenters. The number of hydrogen-bond acceptors (Lipinski definition) is 9. The summed E-state index contributed by atoms with van der Waals surface area (Å²) < 4.78 is 76.8. The topological polar surface area (TPSA) is 125 Å². The molecule has 4 rings (SSSR count). The van der Waals surface area contributed by atoms with Gasteiger partial charge in [-0.1, -0.05) is 12.0 Å². The molecule has 0 bridgehead atoms. The number of sulfone groups is 1. The summed E-state index contributed by atoms with van der Waals surface area (Å²) in [6.45, 7) is 0.873. The van der Waals surface area contributed by atoms with Crippen LogP contribution in [-0.2, 0) is 21.1 Å². The van der Waals surface area contributed by atoms with Crippen LogP contribution in [0.4, 0.5) is 24.5 Å². The first-order valence-electron chi connectivity index (χ1n) is 14.5. The van der Waals surface area contributed by atoms with E-state index in [9.17, 15) is 26.7 Å². The van der Waals surface area contributed by atoms with Crippen LogP contribution < -0.4 is 15.4 Å². The Morgan fingerprint density at radius 1 is 1.11 bits per heavy atom. The zero-order valence-electron chi connectivity index (χ0n) is 25.2. The summed E-state index contributed by atoms with van der Waals surface area (Å²) in [6.07, 6.45) is -2.61. The second-order valence-corrected chi connectivity index (χ2v) is 13.0. The first kappa shape index (κ1) is 34.4. The number of rotatable bonds is 13. The number of nitrogens with one attached hydrogen (secondary N) is 2. The number of aliphatic hydroxyl groups excluding tert-OH is 2. The Bertz CT molecular complexity index is 1610. The summed E-state index contributed by atoms with van der Waals surface area (Å²) in [4.78, 5) is 2.16. The highest BCUT2D eigenvalue weighted by Crippen LogP contribution is 2.32. The molecule has 45 heavy (non-hydrogen) atoms. The first-order chi connectivity index (χ1) is 21.4. The molecule has 1 aromatic heterocycles. The number of alkyl halides is 3. The Morgan fingerprint density at radius 2 is 1.87 bits per heavy atom. The van der Waals surface area contributed by atoms with Crippen LogP contribution in [0.2, 0.25) is 0 Å². The van der Waals surface area contributed by atoms with Crippen LogP contribution in [0.1, 0.15) is 18.5 Å². The highest BCUT2D eigenvalue weighted by molar-refractivity contribution is 7.90. The number of β-amino-alcohol motifs (C(OH)–C–C–N with tert-alkyl or cyclic N) is 1. The number of aromatic nitrogens is 1. The van der Waals surface area contributed by atoms with E-state index in [-0.39, 0.29) is 48.7 Å². The summed E-state index contributed by atoms with van der Waals surface area (Å²) >= 11 is 0. The molecular weight excluding hydrogens is 613 g/mol. The molecule has 0 aliphatic carbocycles. The van der Waals surface area contributed by atoms with Crippen LogP contribution in [0, 0.1) is 11.8 Å². The van der Waals surface area contributed by atoms with Crippen molar-refractivity contribution in [1.29, 1.82) is 0 Å². The molecule has 0 spiro atoms. The number of halogens is 3. The molecular formula is C31H39F3N4O6S. The fourth-order valence-electron chi connectivity index (χ4n) is 5.21. The maximum atomic E-state index is 13.7. The van der Waals surface area contributed by atoms with Gasteiger partial charge in [0.15, 0.2) is 9.84 Å². The minimum atomic E-state index is -4.47. The number of benzene rings is 2. The van der Waals surface area contributed by atoms with Gasteiger partial charge in [-0.25, -0.2) is 8.42 Å². The molecule has 1 aliphatic rings. The van der Waals surface area contributed by atoms with Crippen molar-refractivity contribution in [3.8, 4) is 17.6 Å². The third-order valence-corrected chi connectivity index (χ3v) is 8.53. The van der Waals surface area contributed by atoms with E-state index >= 15 is 0 Å². The second kappa shape index (κ2) is 15.2. The number of fused-ring (bicyclic) bond motifs is 1. The summed E-state index contributed by atoms with van der Waals surface area (Å²) in [5, 5.41) is 26.0. The van der Waals surface area contributed by atoms with Crippen LogP contribution in [-0.4, -0.2) is 106 Å². The van der Waals surface area contributed by atoms with Gasteiger partial charge in [0.2, 0.25) is 0 Å². The van der Waals surface area contributed by atoms with E-state index in [1.165, 1.54) is 19.2 Å². The summed E-state index contributed by atoms with van der Waals surface area (Å²) in [6, 6.07) is 11.3. The van der Waals surface area contributed by atoms with Gasteiger partial charge < -0.3 is 39.8 Å². The molecule has 2 heterocycles. The predicted molar refractivity (Wildman–Crippen MR) is 166 cm³/mol. The molecule has 1 saturated heterocycles. The number of hydrogen-bond donors (Lipinski definition) is 4. The minimum absolute atomic E-state index is 0.0566. The van der Waals surface area contributed by atoms with Crippen molar-refractivity contribution in [2.75, 3.05) is 70.0 Å². The number of methoxy groups -OCH3 is 1. The third kappa shape index (κ3) is 9.75. The van der Waals surface area contributed by atoms with Gasteiger partial charge >= 0.3 is 6.18 Å². The van der Waals surface area contributed by atoms with Gasteiger partial charge in [0, 0.05) is 56.2 Å². The molecule has 0 saturated carbocycles. The van der Waals surface area contributed by atoms with Gasteiger partial charge in [0.1, 0.15) is 18.9 Å². The molecule has 1 aliphatic heterocycles. The van der Waals surface area contributed by atoms with Crippen LogP contribution >= 0.6 is 0 Å². The van der Waals surface area contributed by atoms with Crippen LogP contribution in [0.15, 0.2) is 47.4 Å². The normalized spacial score (nSPS) is 15.4. The predicted octanol–water partition coefficient (Wildman–Crippen LogP) is 3.33. The third-order valence-electron chi connectivity index (χ3n) is 7.42. The van der Waals surface area contributed by atoms with Gasteiger partial charge in [0.05, 0.1) is 47.7 Å². The van der Waals surface area contributed by atoms with Crippen LogP contribution in [0.25, 0.3) is 10.9 Å². The standard InChI is InChI=1S/C31H39F3N4O6S/c1-43-15-16-44-30-18-25(45(2,41)42)8-9-28(30)35-12-4-5-23-17-26-27(6-3-7-29(26)38(23)21-31(32,33)34)36-22-10-13-37(14-11-22)19-24(40)20-39/h3,6-9,17-18,22,24,35-36,39-40H,10-16,19-21H2,1-2H3. The monoisotopic (exact) mass is 652 g/mol. The molecule has 10 nitrogen and oxygen atoms in total. The fourth-order valence-corrected chi connectivity index (χ4v) is 5.84. The smallest absolute Gasteiger partial charge is 0.406 e. The number of aliphatic hydroxyl groups is 2. The average molecular weight is 653 g/mol. The number of anilines is 2. The van der Waals surface area contributed by atoms with E-state index in [0.717, 1.165) is 36.8 Å². The Labute approximate surface area is 261 Å². The van der Waals surface area contributed by atoms with E-state index in [2.05, 4.69) is 27.4 Å². The number of likely N-dealkylation sites (tertiary alicyclic amines) is 1. The molecule has 14 heteroatoms. The van der Waals surface area contributed by atoms with E-state index in [1.54, 1.807) is 24.3 Å². The number of ether oxygens (including phenoxy) is 2. The molecule has 246 valence electrons. The maximum absolute atomic E-state index is 13.7. The highest BCUT2D eigenvalue weighted by atomic mass is 32.2. The SMILES string of the molecule is COCCOc1cc(S(C)(=O)=O)ccc1NCC#Cc1cc2c(NC3CCN(CC(O)CO)CC3)cccc2n1CC(F)(F)F. The van der Waals surface area contributed by atoms with Gasteiger partial charge in [-0.2, -0.15) is 13.2 Å². The van der Waals surface area contributed by atoms with Gasteiger partial charge in [-0.3, -0.25) is 0 Å². The lowest BCUT2D eigenvalue weighted by Crippen LogP contribution is -2.43. The summed E-state index contributed by atoms with van der Waals surface area (Å²) in [5.74, 6) is 6.06. The first-order valence-corrected chi connectivity index (χ1v) is 16.4. The van der Waals surface area contributed by atoms with Crippen molar-refractivity contribution in [3.05, 3.63) is 48.2 Å². The Morgan fingerprint density at radius 3 is 2.53 bits per heavy atom. The Balaban J connectivity index is 1.53. The van der Waals surface area contributed by atoms with Crippen molar-refractivity contribution in [1.82, 2.24) is 9.47 Å². The summed E-state index contributed by atoms with van der Waals surface area (Å²) in [7, 11) is -1.96. The van der Waals surface area contributed by atoms with Crippen molar-refractivity contribution >= 4 is 32.1 Å². The fraction of sp³-hybridized carbons (Fsp3) is 0.484. The Hall–Kier alpha value is -3.48. The minimum Gasteiger partial charge on any atom is -0.489 e. The lowest BCUT2D eigenvalue weighted by atomic mass is 10.0. The van der Waals surface area contributed by atoms with E-state index < -0.39 is 28.7 Å². The van der Waals surface area contributed by atoms with E-state index in [0.29, 0.717) is 28.8 Å². The zero-order chi connectivity index (χ0) is 32.6. The van der Waals surface area contributed by atoms with Gasteiger partial charge in [-0.05, 0) is 49.1 Å². The van der Waals surface area contributed by atoms with Crippen molar-refractivity contribution in [2.24, 2.45) is 0 Å². The largest absolute Gasteiger partial charge is 0.489 e. The molecule has 0 radical (unpaired) electrons. The number of piperidine rings is 1. The van der Waals surface area contributed by atoms with Crippen LogP contribution in [0.5, 0.6) is 5.75 Å². The summed E-state index contributed by atoms with van der Waals surface area (Å²) in [5.41, 5.74) is 1.80. The van der Waals surface area contributed by atoms with E-state index in [1.807, 2.05) is 6.07 Å². The molecule has 1 fully saturated rings. The molecule has 0 amide bonds. The average Bonchev–Trinajstić information content (AvgIpc) is 3.32. The highest BCUT2D eigenvalue weighted by Gasteiger charge is 2.30. The quantitative estimate of drug-likeness (QED) is 0.163. The molecule has 1 unspecified atom stereocenters. The Kier molecular flexibility index (Phi) is 11.6. The molecule has 3 aromatic rings. The lowest BCUT2D eigenvalue weighted by molar-refractivity contribution is -0.140. The van der Waals surface area contributed by atoms with Gasteiger partial charge in [-0.15, -0.1) is 0 Å². The number of nitrogens with zero attached hydrogens (tertiary/aromatic N) is 2. The maximum Gasteiger partial charge on any atom is 0.406 e. The zero-order valence-corrected chi connectivity index (χ0v) is 26.0. The molecule has 2 aromatic carbocycles. The van der Waals surface area contributed by atoms with Crippen molar-refractivity contribution in [2.45, 2.75) is 42.6 Å². The van der Waals surface area contributed by atoms with Crippen LogP contribution in [0.3, 0.4) is 0 Å². The lowest BCUT2D eigenvalue weighted by Gasteiger charge is -2.33. The molecule has 4 N–H and O–H groups in total. The van der Waals surface area contributed by atoms with Gasteiger partial charge in [0.25, 0.3) is 0 Å². The second-order valence-electron chi connectivity index (χ2n) is 11.0. The van der Waals surface area contributed by atoms with Crippen molar-refractivity contribution in [3.63, 3.8) is 0 Å². The van der Waals surface area contributed by atoms with Crippen molar-refractivity contribution < 1.29 is 41.3 Å². The van der Waals surface area contributed by atoms with E-state index in [4.69, 9.17) is 14.6 Å².